The predicted molar refractivity (Wildman–Crippen MR) is 119 cm³/mol. The maximum Gasteiger partial charge on any atom is 0.325 e. The molecule has 2 N–H and O–H groups in total. The van der Waals surface area contributed by atoms with Gasteiger partial charge in [0.2, 0.25) is 15.9 Å². The monoisotopic (exact) mass is 444 g/mol. The van der Waals surface area contributed by atoms with Crippen LogP contribution in [0.15, 0.2) is 59.5 Å². The Hall–Kier alpha value is -2.75. The van der Waals surface area contributed by atoms with E-state index in [1.54, 1.807) is 36.4 Å². The van der Waals surface area contributed by atoms with E-state index in [2.05, 4.69) is 17.6 Å². The van der Waals surface area contributed by atoms with Crippen LogP contribution in [0.4, 0.5) is 10.5 Å². The normalized spacial score (nSPS) is 15.4. The number of piperazine rings is 1. The summed E-state index contributed by atoms with van der Waals surface area (Å²) < 4.78 is 27.2. The van der Waals surface area contributed by atoms with Gasteiger partial charge in [-0.3, -0.25) is 15.0 Å². The number of imide groups is 1. The van der Waals surface area contributed by atoms with Crippen molar-refractivity contribution in [2.45, 2.75) is 24.7 Å². The number of carbonyl (C=O) groups excluding carboxylic acids is 2. The molecule has 166 valence electrons. The number of hydrogen-bond donors (Lipinski definition) is 2. The Morgan fingerprint density at radius 1 is 0.935 bits per heavy atom. The van der Waals surface area contributed by atoms with Crippen LogP contribution < -0.4 is 10.6 Å². The first kappa shape index (κ1) is 22.9. The summed E-state index contributed by atoms with van der Waals surface area (Å²) in [6, 6.07) is 15.3. The molecule has 1 aliphatic heterocycles. The maximum absolute atomic E-state index is 12.9. The van der Waals surface area contributed by atoms with Crippen LogP contribution in [0.1, 0.15) is 18.9 Å². The van der Waals surface area contributed by atoms with Gasteiger partial charge in [-0.25, -0.2) is 13.2 Å². The molecule has 1 fully saturated rings. The summed E-state index contributed by atoms with van der Waals surface area (Å²) in [4.78, 5) is 26.2. The fourth-order valence-electron chi connectivity index (χ4n) is 3.45. The summed E-state index contributed by atoms with van der Waals surface area (Å²) in [5.74, 6) is -0.434. The van der Waals surface area contributed by atoms with Crippen LogP contribution in [0.25, 0.3) is 0 Å². The molecule has 2 aromatic rings. The molecule has 0 bridgehead atoms. The number of amides is 3. The van der Waals surface area contributed by atoms with E-state index >= 15 is 0 Å². The number of sulfonamides is 1. The Morgan fingerprint density at radius 2 is 1.58 bits per heavy atom. The van der Waals surface area contributed by atoms with Crippen molar-refractivity contribution in [1.82, 2.24) is 14.5 Å². The number of hydrogen-bond acceptors (Lipinski definition) is 5. The van der Waals surface area contributed by atoms with Gasteiger partial charge in [-0.2, -0.15) is 4.31 Å². The average molecular weight is 445 g/mol. The number of carbonyl (C=O) groups is 2. The fraction of sp³-hybridized carbons (Fsp3) is 0.364. The smallest absolute Gasteiger partial charge is 0.308 e. The highest BCUT2D eigenvalue weighted by molar-refractivity contribution is 7.89. The van der Waals surface area contributed by atoms with Gasteiger partial charge in [0, 0.05) is 31.9 Å². The van der Waals surface area contributed by atoms with E-state index < -0.39 is 22.0 Å². The van der Waals surface area contributed by atoms with Crippen molar-refractivity contribution >= 4 is 27.6 Å². The van der Waals surface area contributed by atoms with Crippen LogP contribution in [0, 0.1) is 0 Å². The summed E-state index contributed by atoms with van der Waals surface area (Å²) in [7, 11) is -3.56. The minimum absolute atomic E-state index is 0.0296. The first-order valence-electron chi connectivity index (χ1n) is 10.4. The van der Waals surface area contributed by atoms with Crippen molar-refractivity contribution in [3.63, 3.8) is 0 Å². The molecule has 8 nitrogen and oxygen atoms in total. The quantitative estimate of drug-likeness (QED) is 0.683. The van der Waals surface area contributed by atoms with E-state index in [1.807, 2.05) is 23.1 Å². The van der Waals surface area contributed by atoms with Crippen molar-refractivity contribution in [3.05, 3.63) is 60.2 Å². The number of para-hydroxylation sites is 1. The van der Waals surface area contributed by atoms with E-state index in [4.69, 9.17) is 0 Å². The van der Waals surface area contributed by atoms with Gasteiger partial charge in [0.05, 0.1) is 11.4 Å². The highest BCUT2D eigenvalue weighted by Crippen LogP contribution is 2.18. The zero-order valence-electron chi connectivity index (χ0n) is 17.6. The van der Waals surface area contributed by atoms with Gasteiger partial charge in [-0.1, -0.05) is 43.7 Å². The van der Waals surface area contributed by atoms with Gasteiger partial charge in [0.25, 0.3) is 0 Å². The van der Waals surface area contributed by atoms with Gasteiger partial charge in [-0.15, -0.1) is 0 Å². The van der Waals surface area contributed by atoms with E-state index in [9.17, 15) is 18.0 Å². The van der Waals surface area contributed by atoms with Crippen molar-refractivity contribution in [2.75, 3.05) is 38.0 Å². The molecule has 1 saturated heterocycles. The van der Waals surface area contributed by atoms with Crippen molar-refractivity contribution < 1.29 is 18.0 Å². The predicted octanol–water partition coefficient (Wildman–Crippen LogP) is 2.29. The molecule has 0 atom stereocenters. The maximum atomic E-state index is 12.9. The third kappa shape index (κ3) is 6.36. The average Bonchev–Trinajstić information content (AvgIpc) is 2.75. The second-order valence-electron chi connectivity index (χ2n) is 7.44. The number of benzene rings is 2. The zero-order chi connectivity index (χ0) is 22.3. The number of nitrogens with one attached hydrogen (secondary N) is 2. The van der Waals surface area contributed by atoms with E-state index in [1.165, 1.54) is 4.31 Å². The van der Waals surface area contributed by atoms with Gasteiger partial charge >= 0.3 is 6.03 Å². The molecule has 0 aromatic heterocycles. The number of urea groups is 1. The van der Waals surface area contributed by atoms with Crippen LogP contribution in [0.3, 0.4) is 0 Å². The first-order valence-corrected chi connectivity index (χ1v) is 11.8. The summed E-state index contributed by atoms with van der Waals surface area (Å²) in [5.41, 5.74) is 1.71. The lowest BCUT2D eigenvalue weighted by Crippen LogP contribution is -2.51. The molecule has 0 unspecified atom stereocenters. The minimum Gasteiger partial charge on any atom is -0.308 e. The van der Waals surface area contributed by atoms with Gasteiger partial charge in [0.1, 0.15) is 0 Å². The van der Waals surface area contributed by atoms with Crippen LogP contribution in [0.5, 0.6) is 0 Å². The third-order valence-corrected chi connectivity index (χ3v) is 7.00. The van der Waals surface area contributed by atoms with Gasteiger partial charge < -0.3 is 5.32 Å². The highest BCUT2D eigenvalue weighted by atomic mass is 32.2. The lowest BCUT2D eigenvalue weighted by Gasteiger charge is -2.33. The minimum atomic E-state index is -3.56. The third-order valence-electron chi connectivity index (χ3n) is 5.08. The molecule has 0 radical (unpaired) electrons. The zero-order valence-corrected chi connectivity index (χ0v) is 18.4. The van der Waals surface area contributed by atoms with Crippen molar-refractivity contribution in [2.24, 2.45) is 0 Å². The Kier molecular flexibility index (Phi) is 7.78. The highest BCUT2D eigenvalue weighted by Gasteiger charge is 2.29. The van der Waals surface area contributed by atoms with Gasteiger partial charge in [0.15, 0.2) is 0 Å². The van der Waals surface area contributed by atoms with Gasteiger partial charge in [-0.05, 0) is 36.2 Å². The Morgan fingerprint density at radius 3 is 2.19 bits per heavy atom. The van der Waals surface area contributed by atoms with E-state index in [0.29, 0.717) is 31.9 Å². The van der Waals surface area contributed by atoms with Crippen LogP contribution >= 0.6 is 0 Å². The Balaban J connectivity index is 1.47. The Labute approximate surface area is 183 Å². The summed E-state index contributed by atoms with van der Waals surface area (Å²) in [5, 5.41) is 4.89. The van der Waals surface area contributed by atoms with Crippen molar-refractivity contribution in [1.29, 1.82) is 0 Å². The topological polar surface area (TPSA) is 98.8 Å². The lowest BCUT2D eigenvalue weighted by molar-refractivity contribution is -0.121. The number of rotatable bonds is 7. The fourth-order valence-corrected chi connectivity index (χ4v) is 4.87. The van der Waals surface area contributed by atoms with Crippen LogP contribution in [-0.2, 0) is 21.2 Å². The summed E-state index contributed by atoms with van der Waals surface area (Å²) in [6.45, 7) is 3.54. The Bertz CT molecular complexity index is 986. The molecule has 0 spiro atoms. The molecule has 0 aliphatic carbocycles. The standard InChI is InChI=1S/C22H28N4O4S/c1-2-6-18-9-11-20(12-10-18)31(29,30)26-15-13-25(14-16-26)17-21(27)24-22(28)23-19-7-4-3-5-8-19/h3-5,7-12H,2,6,13-17H2,1H3,(H2,23,24,27,28). The molecule has 3 rings (SSSR count). The second kappa shape index (κ2) is 10.5. The van der Waals surface area contributed by atoms with Crippen LogP contribution in [0.2, 0.25) is 0 Å². The molecule has 9 heteroatoms. The second-order valence-corrected chi connectivity index (χ2v) is 9.38. The SMILES string of the molecule is CCCc1ccc(S(=O)(=O)N2CCN(CC(=O)NC(=O)Nc3ccccc3)CC2)cc1. The lowest BCUT2D eigenvalue weighted by atomic mass is 10.1. The number of nitrogens with zero attached hydrogens (tertiary/aromatic N) is 2. The largest absolute Gasteiger partial charge is 0.325 e. The molecule has 0 saturated carbocycles. The number of aryl methyl sites for hydroxylation is 1. The molecular weight excluding hydrogens is 416 g/mol. The molecule has 2 aromatic carbocycles. The molecular formula is C22H28N4O4S. The van der Waals surface area contributed by atoms with Crippen LogP contribution in [-0.4, -0.2) is 62.3 Å². The van der Waals surface area contributed by atoms with E-state index in [-0.39, 0.29) is 11.4 Å². The molecule has 3 amide bonds. The molecule has 31 heavy (non-hydrogen) atoms. The molecule has 1 heterocycles. The number of anilines is 1. The van der Waals surface area contributed by atoms with E-state index in [0.717, 1.165) is 18.4 Å². The first-order chi connectivity index (χ1) is 14.9. The summed E-state index contributed by atoms with van der Waals surface area (Å²) in [6.07, 6.45) is 1.93. The van der Waals surface area contributed by atoms with Crippen molar-refractivity contribution in [3.8, 4) is 0 Å². The molecule has 1 aliphatic rings. The summed E-state index contributed by atoms with van der Waals surface area (Å²) >= 11 is 0.